The predicted molar refractivity (Wildman–Crippen MR) is 73.9 cm³/mol. The molecule has 0 spiro atoms. The van der Waals surface area contributed by atoms with Crippen molar-refractivity contribution >= 4 is 17.3 Å². The summed E-state index contributed by atoms with van der Waals surface area (Å²) in [4.78, 5) is 2.09. The maximum absolute atomic E-state index is 5.41. The van der Waals surface area contributed by atoms with E-state index in [0.29, 0.717) is 18.2 Å². The zero-order valence-corrected chi connectivity index (χ0v) is 11.1. The summed E-state index contributed by atoms with van der Waals surface area (Å²) in [6, 6.07) is 4.01. The lowest BCUT2D eigenvalue weighted by Crippen LogP contribution is -2.40. The number of rotatable bonds is 6. The standard InChI is InChI=1S/C12H19N3OS/c1-4-7-13-12(17)14-9-10(15(2)3)11-6-5-8-16-11/h4-6,8,10H,1,7,9H2,2-3H3,(H2,13,14,17)/t10-/m1/s1. The van der Waals surface area contributed by atoms with Gasteiger partial charge in [-0.2, -0.15) is 0 Å². The molecule has 17 heavy (non-hydrogen) atoms. The lowest BCUT2D eigenvalue weighted by atomic mass is 10.2. The van der Waals surface area contributed by atoms with E-state index in [4.69, 9.17) is 16.6 Å². The summed E-state index contributed by atoms with van der Waals surface area (Å²) in [6.07, 6.45) is 3.45. The molecule has 0 aliphatic rings. The van der Waals surface area contributed by atoms with Gasteiger partial charge < -0.3 is 15.1 Å². The van der Waals surface area contributed by atoms with Crippen LogP contribution in [0.2, 0.25) is 0 Å². The fourth-order valence-electron chi connectivity index (χ4n) is 1.44. The summed E-state index contributed by atoms with van der Waals surface area (Å²) in [7, 11) is 4.02. The van der Waals surface area contributed by atoms with Crippen LogP contribution in [-0.2, 0) is 0 Å². The summed E-state index contributed by atoms with van der Waals surface area (Å²) < 4.78 is 5.41. The van der Waals surface area contributed by atoms with Gasteiger partial charge in [-0.3, -0.25) is 4.90 Å². The SMILES string of the molecule is C=CCNC(=S)NC[C@H](c1ccco1)N(C)C. The van der Waals surface area contributed by atoms with Crippen molar-refractivity contribution < 1.29 is 4.42 Å². The Morgan fingerprint density at radius 3 is 2.88 bits per heavy atom. The first-order valence-corrected chi connectivity index (χ1v) is 5.88. The molecule has 1 atom stereocenters. The molecule has 0 radical (unpaired) electrons. The summed E-state index contributed by atoms with van der Waals surface area (Å²) in [5.41, 5.74) is 0. The van der Waals surface area contributed by atoms with Gasteiger partial charge in [0.15, 0.2) is 5.11 Å². The van der Waals surface area contributed by atoms with Gasteiger partial charge in [-0.1, -0.05) is 6.08 Å². The van der Waals surface area contributed by atoms with E-state index < -0.39 is 0 Å². The van der Waals surface area contributed by atoms with Crippen molar-refractivity contribution in [3.8, 4) is 0 Å². The number of nitrogens with one attached hydrogen (secondary N) is 2. The molecule has 2 N–H and O–H groups in total. The van der Waals surface area contributed by atoms with E-state index in [0.717, 1.165) is 5.76 Å². The highest BCUT2D eigenvalue weighted by Gasteiger charge is 2.16. The molecule has 0 saturated heterocycles. The van der Waals surface area contributed by atoms with Gasteiger partial charge >= 0.3 is 0 Å². The topological polar surface area (TPSA) is 40.4 Å². The molecule has 0 aliphatic carbocycles. The zero-order valence-electron chi connectivity index (χ0n) is 10.3. The maximum Gasteiger partial charge on any atom is 0.166 e. The Balaban J connectivity index is 2.46. The molecule has 1 aromatic rings. The van der Waals surface area contributed by atoms with Crippen molar-refractivity contribution in [1.82, 2.24) is 15.5 Å². The van der Waals surface area contributed by atoms with Crippen molar-refractivity contribution in [1.29, 1.82) is 0 Å². The van der Waals surface area contributed by atoms with E-state index in [1.54, 1.807) is 12.3 Å². The highest BCUT2D eigenvalue weighted by atomic mass is 32.1. The highest BCUT2D eigenvalue weighted by molar-refractivity contribution is 7.80. The number of hydrogen-bond donors (Lipinski definition) is 2. The number of thiocarbonyl (C=S) groups is 1. The lowest BCUT2D eigenvalue weighted by molar-refractivity contribution is 0.258. The number of hydrogen-bond acceptors (Lipinski definition) is 3. The Labute approximate surface area is 108 Å². The molecule has 0 fully saturated rings. The largest absolute Gasteiger partial charge is 0.468 e. The fraction of sp³-hybridized carbons (Fsp3) is 0.417. The van der Waals surface area contributed by atoms with E-state index in [1.807, 2.05) is 26.2 Å². The van der Waals surface area contributed by atoms with Crippen molar-refractivity contribution in [3.63, 3.8) is 0 Å². The van der Waals surface area contributed by atoms with Gasteiger partial charge in [0.2, 0.25) is 0 Å². The van der Waals surface area contributed by atoms with Crippen LogP contribution in [0.15, 0.2) is 35.5 Å². The van der Waals surface area contributed by atoms with Crippen LogP contribution >= 0.6 is 12.2 Å². The van der Waals surface area contributed by atoms with Gasteiger partial charge in [-0.15, -0.1) is 6.58 Å². The normalized spacial score (nSPS) is 12.2. The van der Waals surface area contributed by atoms with Gasteiger partial charge in [0, 0.05) is 13.1 Å². The van der Waals surface area contributed by atoms with E-state index in [-0.39, 0.29) is 6.04 Å². The predicted octanol–water partition coefficient (Wildman–Crippen LogP) is 1.53. The quantitative estimate of drug-likeness (QED) is 0.594. The molecule has 94 valence electrons. The maximum atomic E-state index is 5.41. The molecule has 0 saturated carbocycles. The fourth-order valence-corrected chi connectivity index (χ4v) is 1.60. The zero-order chi connectivity index (χ0) is 12.7. The molecule has 5 heteroatoms. The van der Waals surface area contributed by atoms with Crippen LogP contribution in [-0.4, -0.2) is 37.2 Å². The van der Waals surface area contributed by atoms with Crippen LogP contribution < -0.4 is 10.6 Å². The van der Waals surface area contributed by atoms with Crippen LogP contribution in [0.3, 0.4) is 0 Å². The van der Waals surface area contributed by atoms with Gasteiger partial charge in [-0.05, 0) is 38.4 Å². The summed E-state index contributed by atoms with van der Waals surface area (Å²) in [6.45, 7) is 4.99. The lowest BCUT2D eigenvalue weighted by Gasteiger charge is -2.23. The van der Waals surface area contributed by atoms with Crippen LogP contribution in [0.4, 0.5) is 0 Å². The smallest absolute Gasteiger partial charge is 0.166 e. The Morgan fingerprint density at radius 1 is 1.59 bits per heavy atom. The van der Waals surface area contributed by atoms with E-state index in [2.05, 4.69) is 22.1 Å². The first-order valence-electron chi connectivity index (χ1n) is 5.47. The van der Waals surface area contributed by atoms with E-state index >= 15 is 0 Å². The third kappa shape index (κ3) is 4.58. The highest BCUT2D eigenvalue weighted by Crippen LogP contribution is 2.17. The first kappa shape index (κ1) is 13.7. The van der Waals surface area contributed by atoms with Crippen molar-refractivity contribution in [2.75, 3.05) is 27.2 Å². The number of likely N-dealkylation sites (N-methyl/N-ethyl adjacent to an activating group) is 1. The second-order valence-corrected chi connectivity index (χ2v) is 4.28. The molecule has 1 rings (SSSR count). The Hall–Kier alpha value is -1.33. The minimum absolute atomic E-state index is 0.161. The third-order valence-corrected chi connectivity index (χ3v) is 2.65. The minimum Gasteiger partial charge on any atom is -0.468 e. The van der Waals surface area contributed by atoms with E-state index in [9.17, 15) is 0 Å². The van der Waals surface area contributed by atoms with E-state index in [1.165, 1.54) is 0 Å². The number of furan rings is 1. The minimum atomic E-state index is 0.161. The second kappa shape index (κ2) is 7.09. The van der Waals surface area contributed by atoms with Crippen LogP contribution in [0.5, 0.6) is 0 Å². The summed E-state index contributed by atoms with van der Waals surface area (Å²) in [5, 5.41) is 6.81. The average Bonchev–Trinajstić information content (AvgIpc) is 2.79. The molecule has 0 aromatic carbocycles. The second-order valence-electron chi connectivity index (χ2n) is 3.87. The van der Waals surface area contributed by atoms with Gasteiger partial charge in [0.05, 0.1) is 12.3 Å². The summed E-state index contributed by atoms with van der Waals surface area (Å²) in [5.74, 6) is 0.925. The Morgan fingerprint density at radius 2 is 2.35 bits per heavy atom. The van der Waals surface area contributed by atoms with Crippen LogP contribution in [0.25, 0.3) is 0 Å². The Bertz CT molecular complexity index is 349. The molecule has 0 unspecified atom stereocenters. The summed E-state index contributed by atoms with van der Waals surface area (Å²) >= 11 is 5.13. The monoisotopic (exact) mass is 253 g/mol. The molecular weight excluding hydrogens is 234 g/mol. The van der Waals surface area contributed by atoms with Crippen molar-refractivity contribution in [3.05, 3.63) is 36.8 Å². The Kier molecular flexibility index (Phi) is 5.72. The molecular formula is C12H19N3OS. The van der Waals surface area contributed by atoms with Gasteiger partial charge in [-0.25, -0.2) is 0 Å². The van der Waals surface area contributed by atoms with Crippen LogP contribution in [0.1, 0.15) is 11.8 Å². The molecule has 1 aromatic heterocycles. The van der Waals surface area contributed by atoms with Gasteiger partial charge in [0.25, 0.3) is 0 Å². The van der Waals surface area contributed by atoms with Crippen molar-refractivity contribution in [2.45, 2.75) is 6.04 Å². The number of nitrogens with zero attached hydrogens (tertiary/aromatic N) is 1. The van der Waals surface area contributed by atoms with Crippen LogP contribution in [0, 0.1) is 0 Å². The molecule has 0 amide bonds. The third-order valence-electron chi connectivity index (χ3n) is 2.36. The molecule has 0 bridgehead atoms. The first-order chi connectivity index (χ1) is 8.15. The van der Waals surface area contributed by atoms with Crippen molar-refractivity contribution in [2.24, 2.45) is 0 Å². The van der Waals surface area contributed by atoms with Gasteiger partial charge in [0.1, 0.15) is 5.76 Å². The molecule has 0 aliphatic heterocycles. The molecule has 4 nitrogen and oxygen atoms in total. The average molecular weight is 253 g/mol. The molecule has 1 heterocycles.